The minimum atomic E-state index is -0.403. The van der Waals surface area contributed by atoms with Crippen LogP contribution in [-0.2, 0) is 0 Å². The smallest absolute Gasteiger partial charge is 0.203 e. The van der Waals surface area contributed by atoms with Gasteiger partial charge in [-0.05, 0) is 13.0 Å². The van der Waals surface area contributed by atoms with E-state index in [1.165, 1.54) is 18.4 Å². The standard InChI is InChI=1S/C12H8O5.C2H6/c1-5-4-7(13)8-9(14)6-2-3-16-11(6)10(15)12(8)17-5;1-2/h2-4,14-15H,1H3;1-2H3. The first kappa shape index (κ1) is 13.0. The molecule has 3 aromatic rings. The van der Waals surface area contributed by atoms with Crippen LogP contribution < -0.4 is 5.43 Å². The Morgan fingerprint density at radius 1 is 1.11 bits per heavy atom. The Morgan fingerprint density at radius 2 is 1.79 bits per heavy atom. The van der Waals surface area contributed by atoms with E-state index in [2.05, 4.69) is 0 Å². The molecule has 0 bridgehead atoms. The highest BCUT2D eigenvalue weighted by atomic mass is 16.4. The summed E-state index contributed by atoms with van der Waals surface area (Å²) in [6.45, 7) is 5.59. The van der Waals surface area contributed by atoms with Crippen LogP contribution in [0.5, 0.6) is 11.5 Å². The molecule has 0 saturated heterocycles. The van der Waals surface area contributed by atoms with Crippen LogP contribution in [0.25, 0.3) is 21.9 Å². The highest BCUT2D eigenvalue weighted by Crippen LogP contribution is 2.40. The quantitative estimate of drug-likeness (QED) is 0.607. The lowest BCUT2D eigenvalue weighted by Gasteiger charge is -2.04. The van der Waals surface area contributed by atoms with E-state index in [1.54, 1.807) is 6.92 Å². The van der Waals surface area contributed by atoms with Crippen molar-refractivity contribution >= 4 is 21.9 Å². The van der Waals surface area contributed by atoms with Gasteiger partial charge in [0.2, 0.25) is 5.75 Å². The molecule has 2 N–H and O–H groups in total. The molecule has 0 spiro atoms. The van der Waals surface area contributed by atoms with Gasteiger partial charge in [0.25, 0.3) is 0 Å². The topological polar surface area (TPSA) is 83.8 Å². The minimum Gasteiger partial charge on any atom is -0.506 e. The van der Waals surface area contributed by atoms with Gasteiger partial charge in [0, 0.05) is 6.07 Å². The molecule has 5 heteroatoms. The number of rotatable bonds is 0. The van der Waals surface area contributed by atoms with Crippen molar-refractivity contribution in [2.75, 3.05) is 0 Å². The molecule has 2 aromatic heterocycles. The van der Waals surface area contributed by atoms with Gasteiger partial charge in [-0.3, -0.25) is 4.79 Å². The third kappa shape index (κ3) is 1.83. The third-order valence-corrected chi connectivity index (χ3v) is 2.66. The van der Waals surface area contributed by atoms with Crippen molar-refractivity contribution in [2.24, 2.45) is 0 Å². The van der Waals surface area contributed by atoms with Crippen molar-refractivity contribution in [1.82, 2.24) is 0 Å². The van der Waals surface area contributed by atoms with Crippen LogP contribution >= 0.6 is 0 Å². The summed E-state index contributed by atoms with van der Waals surface area (Å²) >= 11 is 0. The number of aromatic hydroxyl groups is 2. The number of phenols is 2. The molecule has 0 unspecified atom stereocenters. The van der Waals surface area contributed by atoms with Crippen LogP contribution in [0, 0.1) is 6.92 Å². The van der Waals surface area contributed by atoms with E-state index in [1.807, 2.05) is 13.8 Å². The second-order valence-corrected chi connectivity index (χ2v) is 3.79. The van der Waals surface area contributed by atoms with E-state index in [4.69, 9.17) is 8.83 Å². The normalized spacial score (nSPS) is 10.5. The molecule has 0 fully saturated rings. The Balaban J connectivity index is 0.000000637. The third-order valence-electron chi connectivity index (χ3n) is 2.66. The first-order valence-electron chi connectivity index (χ1n) is 5.95. The van der Waals surface area contributed by atoms with Crippen molar-refractivity contribution in [2.45, 2.75) is 20.8 Å². The molecular weight excluding hydrogens is 248 g/mol. The summed E-state index contributed by atoms with van der Waals surface area (Å²) < 4.78 is 10.3. The summed E-state index contributed by atoms with van der Waals surface area (Å²) in [5, 5.41) is 20.1. The fourth-order valence-corrected chi connectivity index (χ4v) is 1.92. The van der Waals surface area contributed by atoms with E-state index in [0.29, 0.717) is 5.76 Å². The molecule has 0 saturated carbocycles. The fourth-order valence-electron chi connectivity index (χ4n) is 1.92. The SMILES string of the molecule is CC.Cc1cc(=O)c2c(O)c3ccoc3c(O)c2o1. The molecule has 0 radical (unpaired) electrons. The Hall–Kier alpha value is -2.43. The Kier molecular flexibility index (Phi) is 3.21. The number of hydrogen-bond donors (Lipinski definition) is 2. The molecule has 0 aliphatic heterocycles. The molecule has 3 rings (SSSR count). The Labute approximate surface area is 108 Å². The van der Waals surface area contributed by atoms with E-state index in [0.717, 1.165) is 0 Å². The van der Waals surface area contributed by atoms with E-state index >= 15 is 0 Å². The zero-order chi connectivity index (χ0) is 14.2. The highest BCUT2D eigenvalue weighted by molar-refractivity contribution is 6.05. The molecule has 0 amide bonds. The van der Waals surface area contributed by atoms with Gasteiger partial charge in [0.1, 0.15) is 16.9 Å². The molecule has 0 atom stereocenters. The van der Waals surface area contributed by atoms with Crippen LogP contribution in [0.4, 0.5) is 0 Å². The van der Waals surface area contributed by atoms with Gasteiger partial charge in [-0.15, -0.1) is 0 Å². The summed E-state index contributed by atoms with van der Waals surface area (Å²) in [5.41, 5.74) is -0.363. The van der Waals surface area contributed by atoms with Crippen LogP contribution in [0.1, 0.15) is 19.6 Å². The Morgan fingerprint density at radius 3 is 2.47 bits per heavy atom. The van der Waals surface area contributed by atoms with Crippen LogP contribution in [0.3, 0.4) is 0 Å². The van der Waals surface area contributed by atoms with Gasteiger partial charge in [-0.1, -0.05) is 13.8 Å². The molecular formula is C14H14O5. The largest absolute Gasteiger partial charge is 0.506 e. The lowest BCUT2D eigenvalue weighted by Crippen LogP contribution is -2.00. The highest BCUT2D eigenvalue weighted by Gasteiger charge is 2.19. The lowest BCUT2D eigenvalue weighted by molar-refractivity contribution is 0.445. The summed E-state index contributed by atoms with van der Waals surface area (Å²) in [6, 6.07) is 2.73. The van der Waals surface area contributed by atoms with Crippen molar-refractivity contribution < 1.29 is 19.0 Å². The predicted octanol–water partition coefficient (Wildman–Crippen LogP) is 3.29. The second-order valence-electron chi connectivity index (χ2n) is 3.79. The van der Waals surface area contributed by atoms with Crippen molar-refractivity contribution in [1.29, 1.82) is 0 Å². The lowest BCUT2D eigenvalue weighted by atomic mass is 10.1. The number of benzene rings is 1. The second kappa shape index (κ2) is 4.68. The average molecular weight is 262 g/mol. The van der Waals surface area contributed by atoms with Crippen LogP contribution in [-0.4, -0.2) is 10.2 Å². The molecule has 1 aromatic carbocycles. The maximum Gasteiger partial charge on any atom is 0.203 e. The average Bonchev–Trinajstić information content (AvgIpc) is 2.87. The van der Waals surface area contributed by atoms with Crippen molar-refractivity contribution in [3.8, 4) is 11.5 Å². The summed E-state index contributed by atoms with van der Waals surface area (Å²) in [6.07, 6.45) is 1.32. The maximum atomic E-state index is 11.8. The first-order chi connectivity index (χ1) is 9.09. The van der Waals surface area contributed by atoms with Gasteiger partial charge in [-0.25, -0.2) is 0 Å². The number of fused-ring (bicyclic) bond motifs is 2. The molecule has 2 heterocycles. The molecule has 0 aliphatic rings. The van der Waals surface area contributed by atoms with E-state index < -0.39 is 5.43 Å². The molecule has 100 valence electrons. The fraction of sp³-hybridized carbons (Fsp3) is 0.214. The summed E-state index contributed by atoms with van der Waals surface area (Å²) in [4.78, 5) is 11.8. The van der Waals surface area contributed by atoms with Crippen LogP contribution in [0.15, 0.2) is 32.0 Å². The van der Waals surface area contributed by atoms with Crippen LogP contribution in [0.2, 0.25) is 0 Å². The molecule has 19 heavy (non-hydrogen) atoms. The molecule has 0 aliphatic carbocycles. The monoisotopic (exact) mass is 262 g/mol. The number of hydrogen-bond acceptors (Lipinski definition) is 5. The summed E-state index contributed by atoms with van der Waals surface area (Å²) in [5.74, 6) is -0.169. The van der Waals surface area contributed by atoms with Gasteiger partial charge < -0.3 is 19.0 Å². The van der Waals surface area contributed by atoms with E-state index in [-0.39, 0.29) is 33.4 Å². The van der Waals surface area contributed by atoms with Gasteiger partial charge in [0.15, 0.2) is 16.6 Å². The number of furan rings is 1. The zero-order valence-electron chi connectivity index (χ0n) is 10.9. The molecule has 5 nitrogen and oxygen atoms in total. The number of phenolic OH excluding ortho intramolecular Hbond substituents is 2. The number of aryl methyl sites for hydroxylation is 1. The van der Waals surface area contributed by atoms with E-state index in [9.17, 15) is 15.0 Å². The van der Waals surface area contributed by atoms with Crippen molar-refractivity contribution in [3.63, 3.8) is 0 Å². The van der Waals surface area contributed by atoms with Crippen molar-refractivity contribution in [3.05, 3.63) is 34.4 Å². The zero-order valence-corrected chi connectivity index (χ0v) is 10.9. The summed E-state index contributed by atoms with van der Waals surface area (Å²) in [7, 11) is 0. The first-order valence-corrected chi connectivity index (χ1v) is 5.95. The minimum absolute atomic E-state index is 0.0398. The van der Waals surface area contributed by atoms with Gasteiger partial charge >= 0.3 is 0 Å². The van der Waals surface area contributed by atoms with Gasteiger partial charge in [0.05, 0.1) is 11.6 Å². The Bertz CT molecular complexity index is 795. The maximum absolute atomic E-state index is 11.8. The van der Waals surface area contributed by atoms with Gasteiger partial charge in [-0.2, -0.15) is 0 Å². The predicted molar refractivity (Wildman–Crippen MR) is 71.7 cm³/mol.